The maximum Gasteiger partial charge on any atom is 0.343 e. The highest BCUT2D eigenvalue weighted by Crippen LogP contribution is 2.31. The number of rotatable bonds is 13. The molecule has 7 nitrogen and oxygen atoms in total. The van der Waals surface area contributed by atoms with E-state index in [2.05, 4.69) is 19.7 Å². The third-order valence-electron chi connectivity index (χ3n) is 5.31. The molecule has 0 saturated carbocycles. The molecular formula is C33H34O7S. The van der Waals surface area contributed by atoms with E-state index < -0.39 is 17.9 Å². The Morgan fingerprint density at radius 1 is 0.780 bits per heavy atom. The normalized spacial score (nSPS) is 9.80. The lowest BCUT2D eigenvalue weighted by molar-refractivity contribution is -0.137. The van der Waals surface area contributed by atoms with Crippen LogP contribution in [-0.4, -0.2) is 37.4 Å². The molecule has 0 radical (unpaired) electrons. The topological polar surface area (TPSA) is 88.1 Å². The zero-order chi connectivity index (χ0) is 30.0. The SMILES string of the molecule is C=CC(=O)OCCCCSc1ccc(C(=O)Oc2ccc(C(=O)Oc3ccc(C)cc3)cc2)cc1OC.C=CC=C. The number of aryl methyl sites for hydroxylation is 1. The highest BCUT2D eigenvalue weighted by atomic mass is 32.2. The van der Waals surface area contributed by atoms with Gasteiger partial charge in [0.1, 0.15) is 17.2 Å². The molecular weight excluding hydrogens is 540 g/mol. The Morgan fingerprint density at radius 2 is 1.34 bits per heavy atom. The quantitative estimate of drug-likeness (QED) is 0.0521. The van der Waals surface area contributed by atoms with E-state index in [1.807, 2.05) is 25.1 Å². The molecule has 0 N–H and O–H groups in total. The minimum Gasteiger partial charge on any atom is -0.496 e. The van der Waals surface area contributed by atoms with E-state index in [0.717, 1.165) is 35.1 Å². The van der Waals surface area contributed by atoms with Crippen molar-refractivity contribution >= 4 is 29.7 Å². The van der Waals surface area contributed by atoms with Crippen LogP contribution in [0.1, 0.15) is 39.1 Å². The predicted octanol–water partition coefficient (Wildman–Crippen LogP) is 7.40. The monoisotopic (exact) mass is 574 g/mol. The molecule has 0 saturated heterocycles. The molecule has 41 heavy (non-hydrogen) atoms. The van der Waals surface area contributed by atoms with Gasteiger partial charge in [0.2, 0.25) is 0 Å². The second-order valence-corrected chi connectivity index (χ2v) is 9.52. The van der Waals surface area contributed by atoms with Crippen LogP contribution in [-0.2, 0) is 9.53 Å². The number of unbranched alkanes of at least 4 members (excludes halogenated alkanes) is 1. The van der Waals surface area contributed by atoms with Crippen molar-refractivity contribution in [2.24, 2.45) is 0 Å². The van der Waals surface area contributed by atoms with Gasteiger partial charge in [-0.3, -0.25) is 0 Å². The molecule has 0 atom stereocenters. The number of hydrogen-bond donors (Lipinski definition) is 0. The third-order valence-corrected chi connectivity index (χ3v) is 6.45. The van der Waals surface area contributed by atoms with Crippen molar-refractivity contribution in [3.05, 3.63) is 121 Å². The maximum absolute atomic E-state index is 12.7. The molecule has 0 aliphatic carbocycles. The van der Waals surface area contributed by atoms with Crippen LogP contribution in [0, 0.1) is 6.92 Å². The number of ether oxygens (including phenoxy) is 4. The number of methoxy groups -OCH3 is 1. The number of carbonyl (C=O) groups is 3. The van der Waals surface area contributed by atoms with Gasteiger partial charge in [-0.05, 0) is 80.1 Å². The van der Waals surface area contributed by atoms with E-state index in [-0.39, 0.29) is 0 Å². The minimum absolute atomic E-state index is 0.298. The second-order valence-electron chi connectivity index (χ2n) is 8.38. The van der Waals surface area contributed by atoms with E-state index in [0.29, 0.717) is 35.0 Å². The van der Waals surface area contributed by atoms with Crippen LogP contribution in [0.3, 0.4) is 0 Å². The number of allylic oxidation sites excluding steroid dienone is 2. The third kappa shape index (κ3) is 11.6. The Morgan fingerprint density at radius 3 is 1.90 bits per heavy atom. The molecule has 0 spiro atoms. The summed E-state index contributed by atoms with van der Waals surface area (Å²) in [6, 6.07) is 18.4. The Balaban J connectivity index is 0.00000138. The first-order valence-electron chi connectivity index (χ1n) is 12.8. The molecule has 8 heteroatoms. The van der Waals surface area contributed by atoms with Crippen molar-refractivity contribution in [2.45, 2.75) is 24.7 Å². The lowest BCUT2D eigenvalue weighted by atomic mass is 10.2. The summed E-state index contributed by atoms with van der Waals surface area (Å²) in [6.07, 6.45) is 6.00. The Bertz CT molecular complexity index is 1320. The van der Waals surface area contributed by atoms with Gasteiger partial charge < -0.3 is 18.9 Å². The first-order valence-corrected chi connectivity index (χ1v) is 13.7. The summed E-state index contributed by atoms with van der Waals surface area (Å²) in [6.45, 7) is 12.4. The van der Waals surface area contributed by atoms with Gasteiger partial charge in [-0.15, -0.1) is 11.8 Å². The minimum atomic E-state index is -0.547. The van der Waals surface area contributed by atoms with Gasteiger partial charge in [0.05, 0.1) is 24.8 Å². The highest BCUT2D eigenvalue weighted by Gasteiger charge is 2.14. The average molecular weight is 575 g/mol. The molecule has 3 rings (SSSR count). The molecule has 0 unspecified atom stereocenters. The summed E-state index contributed by atoms with van der Waals surface area (Å²) in [7, 11) is 1.54. The fraction of sp³-hybridized carbons (Fsp3) is 0.182. The summed E-state index contributed by atoms with van der Waals surface area (Å²) in [4.78, 5) is 37.0. The summed E-state index contributed by atoms with van der Waals surface area (Å²) in [5, 5.41) is 0. The molecule has 0 aliphatic rings. The van der Waals surface area contributed by atoms with Crippen LogP contribution in [0.5, 0.6) is 17.2 Å². The second kappa shape index (κ2) is 17.9. The van der Waals surface area contributed by atoms with Gasteiger partial charge in [-0.1, -0.05) is 49.6 Å². The summed E-state index contributed by atoms with van der Waals surface area (Å²) >= 11 is 1.58. The highest BCUT2D eigenvalue weighted by molar-refractivity contribution is 7.99. The van der Waals surface area contributed by atoms with E-state index in [1.54, 1.807) is 48.2 Å². The average Bonchev–Trinajstić information content (AvgIpc) is 3.00. The van der Waals surface area contributed by atoms with E-state index in [1.165, 1.54) is 31.4 Å². The van der Waals surface area contributed by atoms with E-state index in [4.69, 9.17) is 18.9 Å². The Hall–Kier alpha value is -4.56. The molecule has 3 aromatic carbocycles. The van der Waals surface area contributed by atoms with Crippen LogP contribution >= 0.6 is 11.8 Å². The van der Waals surface area contributed by atoms with Crippen molar-refractivity contribution in [1.82, 2.24) is 0 Å². The van der Waals surface area contributed by atoms with Gasteiger partial charge in [0, 0.05) is 11.0 Å². The smallest absolute Gasteiger partial charge is 0.343 e. The van der Waals surface area contributed by atoms with Crippen molar-refractivity contribution < 1.29 is 33.3 Å². The zero-order valence-electron chi connectivity index (χ0n) is 23.3. The van der Waals surface area contributed by atoms with Crippen LogP contribution < -0.4 is 14.2 Å². The largest absolute Gasteiger partial charge is 0.496 e. The van der Waals surface area contributed by atoms with Crippen molar-refractivity contribution in [3.8, 4) is 17.2 Å². The predicted molar refractivity (Wildman–Crippen MR) is 162 cm³/mol. The lowest BCUT2D eigenvalue weighted by Gasteiger charge is -2.11. The lowest BCUT2D eigenvalue weighted by Crippen LogP contribution is -2.10. The number of carbonyl (C=O) groups excluding carboxylic acids is 3. The molecule has 0 fully saturated rings. The number of thioether (sulfide) groups is 1. The van der Waals surface area contributed by atoms with Crippen LogP contribution in [0.15, 0.2) is 110 Å². The molecule has 0 amide bonds. The molecule has 0 aliphatic heterocycles. The van der Waals surface area contributed by atoms with Crippen LogP contribution in [0.4, 0.5) is 0 Å². The first-order chi connectivity index (χ1) is 19.8. The number of hydrogen-bond acceptors (Lipinski definition) is 8. The van der Waals surface area contributed by atoms with Crippen LogP contribution in [0.25, 0.3) is 0 Å². The fourth-order valence-corrected chi connectivity index (χ4v) is 4.15. The van der Waals surface area contributed by atoms with Gasteiger partial charge >= 0.3 is 17.9 Å². The molecule has 0 heterocycles. The van der Waals surface area contributed by atoms with Gasteiger partial charge in [0.15, 0.2) is 0 Å². The number of esters is 3. The zero-order valence-corrected chi connectivity index (χ0v) is 24.1. The van der Waals surface area contributed by atoms with Crippen molar-refractivity contribution in [1.29, 1.82) is 0 Å². The van der Waals surface area contributed by atoms with Gasteiger partial charge in [0.25, 0.3) is 0 Å². The van der Waals surface area contributed by atoms with E-state index in [9.17, 15) is 14.4 Å². The molecule has 3 aromatic rings. The summed E-state index contributed by atoms with van der Waals surface area (Å²) in [5.41, 5.74) is 1.74. The number of benzene rings is 3. The fourth-order valence-electron chi connectivity index (χ4n) is 3.13. The molecule has 0 bridgehead atoms. The maximum atomic E-state index is 12.7. The molecule has 0 aromatic heterocycles. The van der Waals surface area contributed by atoms with Crippen molar-refractivity contribution in [3.63, 3.8) is 0 Å². The molecule has 214 valence electrons. The first kappa shape index (κ1) is 32.7. The van der Waals surface area contributed by atoms with Gasteiger partial charge in [-0.2, -0.15) is 0 Å². The standard InChI is InChI=1S/C29H28O7S.C4H6/c1-4-27(30)34-17-5-6-18-37-26-16-11-22(19-25(26)33-3)29(32)36-24-14-9-21(10-15-24)28(31)35-23-12-7-20(2)8-13-23;1-3-4-2/h4,7-16,19H,1,5-6,17-18H2,2-3H3;3-4H,1-2H2. The van der Waals surface area contributed by atoms with Gasteiger partial charge in [-0.25, -0.2) is 14.4 Å². The Labute approximate surface area is 245 Å². The van der Waals surface area contributed by atoms with Crippen LogP contribution in [0.2, 0.25) is 0 Å². The Kier molecular flexibility index (Phi) is 14.3. The van der Waals surface area contributed by atoms with E-state index >= 15 is 0 Å². The van der Waals surface area contributed by atoms with Crippen molar-refractivity contribution in [2.75, 3.05) is 19.5 Å². The summed E-state index contributed by atoms with van der Waals surface area (Å²) < 4.78 is 21.2. The summed E-state index contributed by atoms with van der Waals surface area (Å²) in [5.74, 6) is 0.637.